The zero-order valence-corrected chi connectivity index (χ0v) is 53.0. The molecule has 0 saturated carbocycles. The van der Waals surface area contributed by atoms with Crippen molar-refractivity contribution >= 4 is 47.8 Å². The monoisotopic (exact) mass is 1310 g/mol. The van der Waals surface area contributed by atoms with Gasteiger partial charge in [0.25, 0.3) is 0 Å². The standard InChI is InChI=1S/C65H67N7O23/c1-9-82-58(74)50-23-46(24-51(69-50)59(75)83-10-2)92-33-39-19-44(20-40(67-39)34-93-47-25-52(60(76)84-11-3)70-53(26-47)61(77)85-12-4)90-31-37-17-43(73)18-38(66-37)32-91-45-21-41(35-94-48-27-54(62(78)86-13-5)71-55(28-48)63(79)87-14-6)68-42(22-45)36-95-49-29-56(64(80)88-15-7)72-57(30-49)65(81)89-16-8/h17-30H,9-16,31-36H2,1-8H3,(H,66,73). The number of esters is 8. The maximum atomic E-state index is 12.8. The van der Waals surface area contributed by atoms with Crippen molar-refractivity contribution in [3.05, 3.63) is 165 Å². The highest BCUT2D eigenvalue weighted by Crippen LogP contribution is 2.27. The molecular formula is C65H67N7O23. The van der Waals surface area contributed by atoms with Crippen molar-refractivity contribution in [2.24, 2.45) is 0 Å². The maximum absolute atomic E-state index is 12.8. The zero-order chi connectivity index (χ0) is 68.4. The number of aromatic nitrogens is 7. The van der Waals surface area contributed by atoms with Crippen molar-refractivity contribution in [2.75, 3.05) is 52.9 Å². The minimum atomic E-state index is -0.822. The highest BCUT2D eigenvalue weighted by Gasteiger charge is 2.23. The number of hydrogen-bond donors (Lipinski definition) is 1. The first kappa shape index (κ1) is 70.9. The van der Waals surface area contributed by atoms with Crippen molar-refractivity contribution in [1.82, 2.24) is 34.9 Å². The van der Waals surface area contributed by atoms with E-state index in [9.17, 15) is 43.5 Å². The average molecular weight is 1310 g/mol. The summed E-state index contributed by atoms with van der Waals surface area (Å²) in [6.45, 7) is 11.3. The van der Waals surface area contributed by atoms with E-state index in [-0.39, 0.29) is 212 Å². The number of pyridine rings is 7. The summed E-state index contributed by atoms with van der Waals surface area (Å²) >= 11 is 0. The Balaban J connectivity index is 1.18. The second-order valence-corrected chi connectivity index (χ2v) is 19.2. The fourth-order valence-corrected chi connectivity index (χ4v) is 8.26. The van der Waals surface area contributed by atoms with Gasteiger partial charge in [-0.1, -0.05) is 0 Å². The van der Waals surface area contributed by atoms with Crippen LogP contribution < -0.4 is 28.4 Å². The minimum absolute atomic E-state index is 0.0215. The molecule has 0 bridgehead atoms. The number of hydrogen-bond acceptors (Lipinski definition) is 30. The van der Waals surface area contributed by atoms with Gasteiger partial charge in [-0.15, -0.1) is 0 Å². The van der Waals surface area contributed by atoms with Crippen molar-refractivity contribution in [1.29, 1.82) is 0 Å². The third-order valence-corrected chi connectivity index (χ3v) is 12.1. The molecule has 0 fully saturated rings. The lowest BCUT2D eigenvalue weighted by Gasteiger charge is -2.15. The van der Waals surface area contributed by atoms with E-state index >= 15 is 0 Å². The van der Waals surface area contributed by atoms with E-state index in [1.165, 1.54) is 84.9 Å². The van der Waals surface area contributed by atoms with Gasteiger partial charge in [-0.3, -0.25) is 15.0 Å². The van der Waals surface area contributed by atoms with Crippen LogP contribution in [0.15, 0.2) is 84.9 Å². The lowest BCUT2D eigenvalue weighted by Crippen LogP contribution is -2.14. The third-order valence-electron chi connectivity index (χ3n) is 12.1. The summed E-state index contributed by atoms with van der Waals surface area (Å²) < 4.78 is 77.9. The molecule has 0 aliphatic rings. The van der Waals surface area contributed by atoms with Gasteiger partial charge in [0.15, 0.2) is 45.6 Å². The summed E-state index contributed by atoms with van der Waals surface area (Å²) in [5.74, 6) is -6.36. The van der Waals surface area contributed by atoms with Crippen LogP contribution in [0.25, 0.3) is 0 Å². The molecule has 1 N–H and O–H groups in total. The van der Waals surface area contributed by atoms with Gasteiger partial charge in [-0.05, 0) is 55.4 Å². The van der Waals surface area contributed by atoms with E-state index < -0.39 is 47.8 Å². The van der Waals surface area contributed by atoms with Gasteiger partial charge in [0.05, 0.1) is 87.0 Å². The quantitative estimate of drug-likeness (QED) is 0.0294. The van der Waals surface area contributed by atoms with Crippen LogP contribution in [0.1, 0.15) is 173 Å². The van der Waals surface area contributed by atoms with Gasteiger partial charge in [0, 0.05) is 84.9 Å². The Kier molecular flexibility index (Phi) is 26.3. The highest BCUT2D eigenvalue weighted by atomic mass is 16.6. The van der Waals surface area contributed by atoms with Gasteiger partial charge in [-0.2, -0.15) is 0 Å². The van der Waals surface area contributed by atoms with E-state index in [1.54, 1.807) is 55.4 Å². The molecule has 30 heteroatoms. The second-order valence-electron chi connectivity index (χ2n) is 19.2. The summed E-state index contributed by atoms with van der Waals surface area (Å²) in [7, 11) is 0. The average Bonchev–Trinajstić information content (AvgIpc) is 1.02. The molecule has 7 rings (SSSR count). The molecule has 7 heterocycles. The smallest absolute Gasteiger partial charge is 0.357 e. The molecule has 0 spiro atoms. The van der Waals surface area contributed by atoms with Crippen molar-refractivity contribution in [3.8, 4) is 40.2 Å². The number of ether oxygens (including phenoxy) is 14. The van der Waals surface area contributed by atoms with E-state index in [4.69, 9.17) is 66.3 Å². The highest BCUT2D eigenvalue weighted by molar-refractivity contribution is 5.95. The van der Waals surface area contributed by atoms with Gasteiger partial charge in [-0.25, -0.2) is 58.3 Å². The minimum Gasteiger partial charge on any atom is -0.508 e. The van der Waals surface area contributed by atoms with Crippen LogP contribution in [0.4, 0.5) is 0 Å². The molecule has 95 heavy (non-hydrogen) atoms. The van der Waals surface area contributed by atoms with Gasteiger partial charge < -0.3 is 71.4 Å². The SMILES string of the molecule is CCOC(=O)c1cc(OCc2cc(OCc3cc(O)cc(COc4cc(COc5cc(C(=O)OCC)nc(C(=O)OCC)c5)nc(COc5cc(C(=O)OCC)nc(C(=O)OCC)c5)c4)n3)cc(COc3cc(C(=O)OCC)nc(C(=O)OCC)c3)n2)cc(C(=O)OCC)n1. The van der Waals surface area contributed by atoms with Crippen LogP contribution in [-0.2, 0) is 77.5 Å². The van der Waals surface area contributed by atoms with Crippen LogP contribution in [-0.4, -0.2) is 141 Å². The van der Waals surface area contributed by atoms with E-state index in [0.717, 1.165) is 0 Å². The summed E-state index contributed by atoms with van der Waals surface area (Å²) in [5, 5.41) is 11.1. The summed E-state index contributed by atoms with van der Waals surface area (Å²) in [4.78, 5) is 133. The van der Waals surface area contributed by atoms with Crippen molar-refractivity contribution < 1.29 is 110 Å². The first-order chi connectivity index (χ1) is 45.8. The van der Waals surface area contributed by atoms with Crippen LogP contribution in [0.5, 0.6) is 40.2 Å². The molecule has 7 aromatic rings. The Morgan fingerprint density at radius 3 is 0.547 bits per heavy atom. The Labute approximate surface area is 543 Å². The molecule has 500 valence electrons. The molecule has 0 atom stereocenters. The molecule has 0 amide bonds. The summed E-state index contributed by atoms with van der Waals surface area (Å²) in [5.41, 5.74) is -0.527. The molecule has 0 radical (unpaired) electrons. The van der Waals surface area contributed by atoms with Crippen LogP contribution in [0.2, 0.25) is 0 Å². The molecule has 0 saturated heterocycles. The first-order valence-electron chi connectivity index (χ1n) is 29.7. The van der Waals surface area contributed by atoms with Crippen molar-refractivity contribution in [3.63, 3.8) is 0 Å². The van der Waals surface area contributed by atoms with Crippen LogP contribution in [0.3, 0.4) is 0 Å². The van der Waals surface area contributed by atoms with E-state index in [1.807, 2.05) is 0 Å². The lowest BCUT2D eigenvalue weighted by atomic mass is 10.2. The van der Waals surface area contributed by atoms with Gasteiger partial charge in [0.1, 0.15) is 79.9 Å². The lowest BCUT2D eigenvalue weighted by molar-refractivity contribution is 0.0491. The molecule has 0 unspecified atom stereocenters. The summed E-state index contributed by atoms with van der Waals surface area (Å²) in [6.07, 6.45) is 0. The molecule has 0 aromatic carbocycles. The van der Waals surface area contributed by atoms with Gasteiger partial charge in [0.2, 0.25) is 0 Å². The van der Waals surface area contributed by atoms with E-state index in [2.05, 4.69) is 34.9 Å². The largest absolute Gasteiger partial charge is 0.508 e. The number of nitrogens with zero attached hydrogens (tertiary/aromatic N) is 7. The number of rotatable bonds is 34. The Hall–Kier alpha value is -11.6. The number of carbonyl (C=O) groups is 8. The number of carbonyl (C=O) groups excluding carboxylic acids is 8. The fraction of sp³-hybridized carbons (Fsp3) is 0.338. The molecule has 0 aliphatic heterocycles. The molecule has 30 nitrogen and oxygen atoms in total. The predicted octanol–water partition coefficient (Wildman–Crippen LogP) is 8.04. The Morgan fingerprint density at radius 1 is 0.242 bits per heavy atom. The molecule has 0 aliphatic carbocycles. The van der Waals surface area contributed by atoms with Gasteiger partial charge >= 0.3 is 47.8 Å². The van der Waals surface area contributed by atoms with Crippen molar-refractivity contribution in [2.45, 2.75) is 95.0 Å². The second kappa shape index (κ2) is 35.3. The fourth-order valence-electron chi connectivity index (χ4n) is 8.26. The Morgan fingerprint density at radius 2 is 0.389 bits per heavy atom. The zero-order valence-electron chi connectivity index (χ0n) is 53.0. The number of aromatic hydroxyl groups is 1. The molecular weight excluding hydrogens is 1250 g/mol. The predicted molar refractivity (Wildman–Crippen MR) is 325 cm³/mol. The van der Waals surface area contributed by atoms with Crippen LogP contribution in [0, 0.1) is 0 Å². The topological polar surface area (TPSA) is 376 Å². The normalized spacial score (nSPS) is 10.7. The van der Waals surface area contributed by atoms with E-state index in [0.29, 0.717) is 0 Å². The summed E-state index contributed by atoms with van der Waals surface area (Å²) in [6, 6.07) is 19.0. The maximum Gasteiger partial charge on any atom is 0.357 e. The molecule has 7 aromatic heterocycles. The first-order valence-corrected chi connectivity index (χ1v) is 29.7. The third kappa shape index (κ3) is 21.2. The van der Waals surface area contributed by atoms with Crippen LogP contribution >= 0.6 is 0 Å². The Bertz CT molecular complexity index is 3320.